The van der Waals surface area contributed by atoms with Gasteiger partial charge in [-0.1, -0.05) is 18.9 Å². The fourth-order valence-electron chi connectivity index (χ4n) is 2.40. The molecule has 2 aliphatic rings. The molecule has 2 saturated carbocycles. The monoisotopic (exact) mass is 122 g/mol. The minimum absolute atomic E-state index is 0.924. The summed E-state index contributed by atoms with van der Waals surface area (Å²) < 4.78 is 0. The zero-order chi connectivity index (χ0) is 6.27. The fraction of sp³-hybridized carbons (Fsp3) is 0.778. The largest absolute Gasteiger partial charge is 0.103 e. The molecule has 0 aromatic heterocycles. The van der Waals surface area contributed by atoms with Crippen molar-refractivity contribution >= 4 is 0 Å². The van der Waals surface area contributed by atoms with Gasteiger partial charge < -0.3 is 0 Å². The third-order valence-electron chi connectivity index (χ3n) is 2.99. The van der Waals surface area contributed by atoms with Crippen molar-refractivity contribution in [3.8, 4) is 0 Å². The molecule has 0 radical (unpaired) electrons. The lowest BCUT2D eigenvalue weighted by molar-refractivity contribution is 0.480. The highest BCUT2D eigenvalue weighted by molar-refractivity contribution is 5.06. The van der Waals surface area contributed by atoms with Gasteiger partial charge in [0.1, 0.15) is 0 Å². The van der Waals surface area contributed by atoms with E-state index < -0.39 is 0 Å². The summed E-state index contributed by atoms with van der Waals surface area (Å²) in [6.07, 6.45) is 8.10. The molecule has 0 bridgehead atoms. The quantitative estimate of drug-likeness (QED) is 0.469. The van der Waals surface area contributed by atoms with Gasteiger partial charge in [0, 0.05) is 0 Å². The highest BCUT2D eigenvalue weighted by Gasteiger charge is 2.48. The van der Waals surface area contributed by atoms with Crippen LogP contribution in [0.1, 0.15) is 25.7 Å². The van der Waals surface area contributed by atoms with Crippen LogP contribution in [0.2, 0.25) is 0 Å². The molecule has 50 valence electrons. The number of fused-ring (bicyclic) bond motifs is 1. The second kappa shape index (κ2) is 1.86. The van der Waals surface area contributed by atoms with Crippen LogP contribution in [0, 0.1) is 17.8 Å². The van der Waals surface area contributed by atoms with Crippen molar-refractivity contribution in [2.75, 3.05) is 0 Å². The van der Waals surface area contributed by atoms with E-state index in [0.717, 1.165) is 17.8 Å². The summed E-state index contributed by atoms with van der Waals surface area (Å²) in [5.74, 6) is 3.06. The van der Waals surface area contributed by atoms with Crippen LogP contribution >= 0.6 is 0 Å². The Morgan fingerprint density at radius 1 is 1.11 bits per heavy atom. The second-order valence-electron chi connectivity index (χ2n) is 3.43. The van der Waals surface area contributed by atoms with Gasteiger partial charge >= 0.3 is 0 Å². The standard InChI is InChI=1S/C9H14/c1-2-7-8-5-3-4-6-9(7)8/h2,7-9H,1,3-6H2/t8-,9-/m1/s1. The lowest BCUT2D eigenvalue weighted by Crippen LogP contribution is -1.91. The van der Waals surface area contributed by atoms with E-state index in [1.54, 1.807) is 0 Å². The summed E-state index contributed by atoms with van der Waals surface area (Å²) in [7, 11) is 0. The van der Waals surface area contributed by atoms with Crippen molar-refractivity contribution in [2.45, 2.75) is 25.7 Å². The Hall–Kier alpha value is -0.260. The number of allylic oxidation sites excluding steroid dienone is 1. The van der Waals surface area contributed by atoms with Gasteiger partial charge in [-0.3, -0.25) is 0 Å². The summed E-state index contributed by atoms with van der Waals surface area (Å²) in [5.41, 5.74) is 0. The van der Waals surface area contributed by atoms with Gasteiger partial charge in [0.25, 0.3) is 0 Å². The molecule has 0 heterocycles. The first kappa shape index (κ1) is 5.52. The van der Waals surface area contributed by atoms with Crippen molar-refractivity contribution in [1.29, 1.82) is 0 Å². The van der Waals surface area contributed by atoms with Crippen LogP contribution in [0.4, 0.5) is 0 Å². The first-order valence-electron chi connectivity index (χ1n) is 4.06. The summed E-state index contributed by atoms with van der Waals surface area (Å²) in [4.78, 5) is 0. The van der Waals surface area contributed by atoms with Crippen molar-refractivity contribution in [2.24, 2.45) is 17.8 Å². The maximum atomic E-state index is 3.85. The van der Waals surface area contributed by atoms with E-state index in [1.165, 1.54) is 25.7 Å². The average molecular weight is 122 g/mol. The first-order chi connectivity index (χ1) is 4.43. The number of hydrogen-bond donors (Lipinski definition) is 0. The van der Waals surface area contributed by atoms with E-state index in [-0.39, 0.29) is 0 Å². The second-order valence-corrected chi connectivity index (χ2v) is 3.43. The maximum absolute atomic E-state index is 3.85. The van der Waals surface area contributed by atoms with Crippen LogP contribution in [0.15, 0.2) is 12.7 Å². The SMILES string of the molecule is C=CC1[C@H]2CCCC[C@H]12. The fourth-order valence-corrected chi connectivity index (χ4v) is 2.40. The van der Waals surface area contributed by atoms with Crippen molar-refractivity contribution in [3.05, 3.63) is 12.7 Å². The molecule has 0 heteroatoms. The minimum atomic E-state index is 0.924. The lowest BCUT2D eigenvalue weighted by atomic mass is 10.0. The molecular weight excluding hydrogens is 108 g/mol. The van der Waals surface area contributed by atoms with Gasteiger partial charge in [0.05, 0.1) is 0 Å². The Balaban J connectivity index is 1.98. The highest BCUT2D eigenvalue weighted by atomic mass is 14.5. The Morgan fingerprint density at radius 2 is 1.67 bits per heavy atom. The summed E-state index contributed by atoms with van der Waals surface area (Å²) in [5, 5.41) is 0. The van der Waals surface area contributed by atoms with Crippen LogP contribution in [-0.4, -0.2) is 0 Å². The van der Waals surface area contributed by atoms with E-state index in [2.05, 4.69) is 12.7 Å². The molecule has 2 rings (SSSR count). The van der Waals surface area contributed by atoms with Gasteiger partial charge in [-0.25, -0.2) is 0 Å². The van der Waals surface area contributed by atoms with Gasteiger partial charge in [0.2, 0.25) is 0 Å². The van der Waals surface area contributed by atoms with Crippen LogP contribution in [0.3, 0.4) is 0 Å². The maximum Gasteiger partial charge on any atom is -0.0174 e. The highest BCUT2D eigenvalue weighted by Crippen LogP contribution is 2.55. The Morgan fingerprint density at radius 3 is 2.11 bits per heavy atom. The third kappa shape index (κ3) is 0.726. The van der Waals surface area contributed by atoms with E-state index >= 15 is 0 Å². The predicted molar refractivity (Wildman–Crippen MR) is 39.1 cm³/mol. The van der Waals surface area contributed by atoms with Gasteiger partial charge in [-0.05, 0) is 30.6 Å². The molecule has 0 aliphatic heterocycles. The first-order valence-corrected chi connectivity index (χ1v) is 4.06. The van der Waals surface area contributed by atoms with Crippen LogP contribution in [-0.2, 0) is 0 Å². The molecule has 0 aromatic rings. The summed E-state index contributed by atoms with van der Waals surface area (Å²) in [6.45, 7) is 3.85. The molecule has 2 fully saturated rings. The predicted octanol–water partition coefficient (Wildman–Crippen LogP) is 2.61. The van der Waals surface area contributed by atoms with E-state index in [9.17, 15) is 0 Å². The van der Waals surface area contributed by atoms with Gasteiger partial charge in [0.15, 0.2) is 0 Å². The van der Waals surface area contributed by atoms with E-state index in [0.29, 0.717) is 0 Å². The average Bonchev–Trinajstić information content (AvgIpc) is 2.60. The molecule has 2 atom stereocenters. The van der Waals surface area contributed by atoms with Gasteiger partial charge in [-0.2, -0.15) is 0 Å². The van der Waals surface area contributed by atoms with E-state index in [4.69, 9.17) is 0 Å². The minimum Gasteiger partial charge on any atom is -0.103 e. The zero-order valence-corrected chi connectivity index (χ0v) is 5.84. The van der Waals surface area contributed by atoms with Crippen molar-refractivity contribution in [3.63, 3.8) is 0 Å². The molecular formula is C9H14. The molecule has 0 unspecified atom stereocenters. The lowest BCUT2D eigenvalue weighted by Gasteiger charge is -2.04. The Bertz CT molecular complexity index is 114. The molecule has 9 heavy (non-hydrogen) atoms. The van der Waals surface area contributed by atoms with Crippen molar-refractivity contribution in [1.82, 2.24) is 0 Å². The molecule has 0 amide bonds. The molecule has 0 spiro atoms. The van der Waals surface area contributed by atoms with Gasteiger partial charge in [-0.15, -0.1) is 6.58 Å². The molecule has 0 nitrogen and oxygen atoms in total. The summed E-state index contributed by atoms with van der Waals surface area (Å²) in [6, 6.07) is 0. The molecule has 2 aliphatic carbocycles. The Kier molecular flexibility index (Phi) is 1.14. The smallest absolute Gasteiger partial charge is 0.0174 e. The number of hydrogen-bond acceptors (Lipinski definition) is 0. The number of rotatable bonds is 1. The Labute approximate surface area is 57.0 Å². The van der Waals surface area contributed by atoms with Crippen molar-refractivity contribution < 1.29 is 0 Å². The van der Waals surface area contributed by atoms with Crippen LogP contribution < -0.4 is 0 Å². The van der Waals surface area contributed by atoms with Crippen LogP contribution in [0.25, 0.3) is 0 Å². The normalized spacial score (nSPS) is 47.8. The summed E-state index contributed by atoms with van der Waals surface area (Å²) >= 11 is 0. The topological polar surface area (TPSA) is 0 Å². The third-order valence-corrected chi connectivity index (χ3v) is 2.99. The zero-order valence-electron chi connectivity index (χ0n) is 5.84. The molecule has 0 saturated heterocycles. The molecule has 0 aromatic carbocycles. The van der Waals surface area contributed by atoms with E-state index in [1.807, 2.05) is 0 Å². The molecule has 0 N–H and O–H groups in total. The van der Waals surface area contributed by atoms with Crippen LogP contribution in [0.5, 0.6) is 0 Å².